The van der Waals surface area contributed by atoms with Crippen molar-refractivity contribution < 1.29 is 4.74 Å². The molecule has 0 fully saturated rings. The number of fused-ring (bicyclic) bond motifs is 1. The predicted octanol–water partition coefficient (Wildman–Crippen LogP) is 4.64. The Morgan fingerprint density at radius 1 is 1.18 bits per heavy atom. The average Bonchev–Trinajstić information content (AvgIpc) is 2.55. The van der Waals surface area contributed by atoms with Gasteiger partial charge in [0.25, 0.3) is 0 Å². The van der Waals surface area contributed by atoms with E-state index in [0.717, 1.165) is 27.6 Å². The second-order valence-electron chi connectivity index (χ2n) is 5.60. The summed E-state index contributed by atoms with van der Waals surface area (Å²) in [4.78, 5) is 9.36. The molecule has 5 heteroatoms. The molecular weight excluding hydrogens is 408 g/mol. The first-order valence-corrected chi connectivity index (χ1v) is 8.86. The van der Waals surface area contributed by atoms with Crippen LogP contribution in [0.1, 0.15) is 17.9 Å². The number of hydrogen-bond acceptors (Lipinski definition) is 3. The van der Waals surface area contributed by atoms with E-state index >= 15 is 0 Å². The van der Waals surface area contributed by atoms with Gasteiger partial charge in [-0.3, -0.25) is 9.98 Å². The quantitative estimate of drug-likeness (QED) is 0.650. The molecule has 0 amide bonds. The van der Waals surface area contributed by atoms with E-state index in [1.165, 1.54) is 16.8 Å². The van der Waals surface area contributed by atoms with Gasteiger partial charge in [0.2, 0.25) is 0 Å². The van der Waals surface area contributed by atoms with Gasteiger partial charge in [0.1, 0.15) is 6.61 Å². The molecule has 3 aliphatic rings. The lowest BCUT2D eigenvalue weighted by atomic mass is 9.74. The van der Waals surface area contributed by atoms with E-state index in [0.29, 0.717) is 6.61 Å². The van der Waals surface area contributed by atoms with E-state index in [1.807, 2.05) is 0 Å². The monoisotopic (exact) mass is 420 g/mol. The molecule has 0 aliphatic carbocycles. The highest BCUT2D eigenvalue weighted by Gasteiger charge is 2.36. The number of allylic oxidation sites excluding steroid dienone is 2. The van der Waals surface area contributed by atoms with Crippen molar-refractivity contribution in [3.8, 4) is 0 Å². The van der Waals surface area contributed by atoms with Crippen molar-refractivity contribution in [1.82, 2.24) is 0 Å². The molecule has 3 nitrogen and oxygen atoms in total. The van der Waals surface area contributed by atoms with Gasteiger partial charge < -0.3 is 4.74 Å². The molecule has 1 aromatic carbocycles. The molecule has 4 rings (SSSR count). The molecule has 3 heterocycles. The van der Waals surface area contributed by atoms with Crippen LogP contribution in [-0.4, -0.2) is 25.1 Å². The lowest BCUT2D eigenvalue weighted by molar-refractivity contribution is 0.270. The lowest BCUT2D eigenvalue weighted by Crippen LogP contribution is -2.33. The Balaban J connectivity index is 1.86. The third kappa shape index (κ3) is 2.40. The second kappa shape index (κ2) is 5.78. The average molecular weight is 422 g/mol. The highest BCUT2D eigenvalue weighted by atomic mass is 79.9. The molecule has 0 N–H and O–H groups in total. The molecule has 0 saturated carbocycles. The molecule has 0 aromatic heterocycles. The highest BCUT2D eigenvalue weighted by molar-refractivity contribution is 9.13. The summed E-state index contributed by atoms with van der Waals surface area (Å²) in [6, 6.07) is 6.46. The van der Waals surface area contributed by atoms with E-state index in [1.54, 1.807) is 6.26 Å². The zero-order valence-corrected chi connectivity index (χ0v) is 15.0. The van der Waals surface area contributed by atoms with Crippen LogP contribution < -0.4 is 0 Å². The standard InChI is InChI=1S/C17H14Br2N2O/c18-13-2-1-10(7-14(13)19)17-11-4-6-22-9-16(11)21-15-3-5-20-8-12(15)17/h1-2,4,6-8,12,17H,3,5,9H2. The van der Waals surface area contributed by atoms with Crippen molar-refractivity contribution in [3.63, 3.8) is 0 Å². The summed E-state index contributed by atoms with van der Waals surface area (Å²) < 4.78 is 7.58. The van der Waals surface area contributed by atoms with Gasteiger partial charge in [0.05, 0.1) is 12.0 Å². The number of hydrogen-bond donors (Lipinski definition) is 0. The maximum Gasteiger partial charge on any atom is 0.130 e. The van der Waals surface area contributed by atoms with Crippen molar-refractivity contribution in [1.29, 1.82) is 0 Å². The van der Waals surface area contributed by atoms with Crippen LogP contribution in [0.4, 0.5) is 0 Å². The Bertz CT molecular complexity index is 749. The summed E-state index contributed by atoms with van der Waals surface area (Å²) in [5.74, 6) is 0.513. The zero-order chi connectivity index (χ0) is 15.1. The highest BCUT2D eigenvalue weighted by Crippen LogP contribution is 2.42. The fourth-order valence-electron chi connectivity index (χ4n) is 3.30. The van der Waals surface area contributed by atoms with E-state index in [-0.39, 0.29) is 11.8 Å². The van der Waals surface area contributed by atoms with Crippen LogP contribution in [0.3, 0.4) is 0 Å². The third-order valence-corrected chi connectivity index (χ3v) is 6.20. The number of nitrogens with zero attached hydrogens (tertiary/aromatic N) is 2. The first-order valence-electron chi connectivity index (χ1n) is 7.27. The van der Waals surface area contributed by atoms with Crippen molar-refractivity contribution >= 4 is 43.8 Å². The normalized spacial score (nSPS) is 26.2. The van der Waals surface area contributed by atoms with Crippen LogP contribution in [0, 0.1) is 5.92 Å². The van der Waals surface area contributed by atoms with E-state index in [4.69, 9.17) is 9.73 Å². The van der Waals surface area contributed by atoms with Gasteiger partial charge in [-0.05, 0) is 61.2 Å². The molecular formula is C17H14Br2N2O. The van der Waals surface area contributed by atoms with Crippen molar-refractivity contribution in [2.45, 2.75) is 12.3 Å². The molecule has 0 spiro atoms. The minimum absolute atomic E-state index is 0.253. The molecule has 0 radical (unpaired) electrons. The van der Waals surface area contributed by atoms with Gasteiger partial charge in [0, 0.05) is 45.7 Å². The summed E-state index contributed by atoms with van der Waals surface area (Å²) in [5, 5.41) is 0. The SMILES string of the molecule is Brc1ccc(C2C3=C(COC=C3)N=C3CCN=CC32)cc1Br. The Morgan fingerprint density at radius 3 is 2.95 bits per heavy atom. The first kappa shape index (κ1) is 14.4. The molecule has 2 atom stereocenters. The predicted molar refractivity (Wildman–Crippen MR) is 95.6 cm³/mol. The Morgan fingerprint density at radius 2 is 2.09 bits per heavy atom. The molecule has 0 saturated heterocycles. The molecule has 0 bridgehead atoms. The van der Waals surface area contributed by atoms with Gasteiger partial charge in [0.15, 0.2) is 0 Å². The summed E-state index contributed by atoms with van der Waals surface area (Å²) in [7, 11) is 0. The fraction of sp³-hybridized carbons (Fsp3) is 0.294. The zero-order valence-electron chi connectivity index (χ0n) is 11.8. The van der Waals surface area contributed by atoms with E-state index in [9.17, 15) is 0 Å². The van der Waals surface area contributed by atoms with Crippen LogP contribution in [0.25, 0.3) is 0 Å². The number of aliphatic imine (C=N–C) groups is 2. The van der Waals surface area contributed by atoms with Gasteiger partial charge in [-0.2, -0.15) is 0 Å². The summed E-state index contributed by atoms with van der Waals surface area (Å²) in [6.07, 6.45) is 6.86. The van der Waals surface area contributed by atoms with Crippen LogP contribution in [0.15, 0.2) is 60.7 Å². The van der Waals surface area contributed by atoms with Crippen LogP contribution in [0.5, 0.6) is 0 Å². The molecule has 1 aromatic rings. The van der Waals surface area contributed by atoms with Gasteiger partial charge in [-0.25, -0.2) is 0 Å². The maximum atomic E-state index is 5.45. The minimum atomic E-state index is 0.253. The van der Waals surface area contributed by atoms with Crippen molar-refractivity contribution in [2.75, 3.05) is 13.2 Å². The van der Waals surface area contributed by atoms with E-state index in [2.05, 4.69) is 67.3 Å². The number of rotatable bonds is 1. The first-order chi connectivity index (χ1) is 10.7. The Hall–Kier alpha value is -1.20. The Kier molecular flexibility index (Phi) is 3.78. The van der Waals surface area contributed by atoms with Crippen LogP contribution >= 0.6 is 31.9 Å². The summed E-state index contributed by atoms with van der Waals surface area (Å²) in [6.45, 7) is 1.40. The van der Waals surface area contributed by atoms with Crippen LogP contribution in [0.2, 0.25) is 0 Å². The van der Waals surface area contributed by atoms with E-state index < -0.39 is 0 Å². The molecule has 22 heavy (non-hydrogen) atoms. The van der Waals surface area contributed by atoms with Crippen molar-refractivity contribution in [3.05, 3.63) is 56.3 Å². The fourth-order valence-corrected chi connectivity index (χ4v) is 3.94. The second-order valence-corrected chi connectivity index (χ2v) is 7.31. The number of ether oxygens (including phenoxy) is 1. The van der Waals surface area contributed by atoms with Gasteiger partial charge >= 0.3 is 0 Å². The molecule has 2 unspecified atom stereocenters. The number of halogens is 2. The third-order valence-electron chi connectivity index (χ3n) is 4.32. The van der Waals surface area contributed by atoms with Gasteiger partial charge in [-0.1, -0.05) is 6.07 Å². The largest absolute Gasteiger partial charge is 0.495 e. The topological polar surface area (TPSA) is 34.0 Å². The van der Waals surface area contributed by atoms with Crippen LogP contribution in [-0.2, 0) is 4.74 Å². The summed E-state index contributed by atoms with van der Waals surface area (Å²) >= 11 is 7.17. The summed E-state index contributed by atoms with van der Waals surface area (Å²) in [5.41, 5.74) is 4.83. The molecule has 3 aliphatic heterocycles. The minimum Gasteiger partial charge on any atom is -0.495 e. The lowest BCUT2D eigenvalue weighted by Gasteiger charge is -2.35. The molecule has 112 valence electrons. The smallest absolute Gasteiger partial charge is 0.130 e. The van der Waals surface area contributed by atoms with Crippen molar-refractivity contribution in [2.24, 2.45) is 15.9 Å². The Labute approximate surface area is 146 Å². The van der Waals surface area contributed by atoms with Gasteiger partial charge in [-0.15, -0.1) is 0 Å². The number of benzene rings is 1. The maximum absolute atomic E-state index is 5.45.